The van der Waals surface area contributed by atoms with E-state index in [1.807, 2.05) is 16.8 Å². The van der Waals surface area contributed by atoms with Crippen LogP contribution in [0, 0.1) is 0 Å². The van der Waals surface area contributed by atoms with E-state index >= 15 is 0 Å². The number of imide groups is 1. The smallest absolute Gasteiger partial charge is 0.320 e. The number of hydrogen-bond acceptors (Lipinski definition) is 3. The first-order valence-corrected chi connectivity index (χ1v) is 4.73. The standard InChI is InChI=1S/C8H8N2O2S/c1-8(5-2-3-13-4-5)6(11)9-7(12)10-8/h2-4H,1H3,(H2,9,10,11,12)/t8-/m1/s1. The van der Waals surface area contributed by atoms with Gasteiger partial charge in [0.05, 0.1) is 0 Å². The van der Waals surface area contributed by atoms with Gasteiger partial charge in [-0.2, -0.15) is 11.3 Å². The van der Waals surface area contributed by atoms with Crippen LogP contribution in [0.2, 0.25) is 0 Å². The Bertz CT molecular complexity index is 360. The van der Waals surface area contributed by atoms with Crippen molar-refractivity contribution < 1.29 is 9.59 Å². The maximum Gasteiger partial charge on any atom is 0.322 e. The Labute approximate surface area is 78.9 Å². The monoisotopic (exact) mass is 196 g/mol. The average Bonchev–Trinajstić information content (AvgIpc) is 2.61. The highest BCUT2D eigenvalue weighted by molar-refractivity contribution is 7.08. The van der Waals surface area contributed by atoms with E-state index in [-0.39, 0.29) is 5.91 Å². The molecular weight excluding hydrogens is 188 g/mol. The van der Waals surface area contributed by atoms with Crippen molar-refractivity contribution in [2.75, 3.05) is 0 Å². The first kappa shape index (κ1) is 8.25. The predicted octanol–water partition coefficient (Wildman–Crippen LogP) is 0.803. The minimum Gasteiger partial charge on any atom is -0.320 e. The molecule has 0 bridgehead atoms. The number of urea groups is 1. The highest BCUT2D eigenvalue weighted by atomic mass is 32.1. The number of carbonyl (C=O) groups excluding carboxylic acids is 2. The lowest BCUT2D eigenvalue weighted by molar-refractivity contribution is -0.123. The van der Waals surface area contributed by atoms with Crippen molar-refractivity contribution in [1.82, 2.24) is 10.6 Å². The van der Waals surface area contributed by atoms with Gasteiger partial charge in [0.1, 0.15) is 5.54 Å². The van der Waals surface area contributed by atoms with Gasteiger partial charge in [-0.1, -0.05) is 0 Å². The normalized spacial score (nSPS) is 27.2. The second kappa shape index (κ2) is 2.56. The van der Waals surface area contributed by atoms with Gasteiger partial charge in [0.2, 0.25) is 0 Å². The molecule has 0 aromatic carbocycles. The van der Waals surface area contributed by atoms with Crippen LogP contribution in [0.1, 0.15) is 12.5 Å². The number of carbonyl (C=O) groups is 2. The maximum absolute atomic E-state index is 11.4. The molecule has 0 aliphatic carbocycles. The molecule has 2 rings (SSSR count). The second-order valence-electron chi connectivity index (χ2n) is 3.05. The summed E-state index contributed by atoms with van der Waals surface area (Å²) >= 11 is 1.50. The Kier molecular flexibility index (Phi) is 1.63. The molecule has 68 valence electrons. The van der Waals surface area contributed by atoms with Crippen LogP contribution in [0.4, 0.5) is 4.79 Å². The Balaban J connectivity index is 2.42. The van der Waals surface area contributed by atoms with E-state index in [1.165, 1.54) is 11.3 Å². The van der Waals surface area contributed by atoms with Crippen molar-refractivity contribution in [1.29, 1.82) is 0 Å². The van der Waals surface area contributed by atoms with Gasteiger partial charge in [-0.3, -0.25) is 10.1 Å². The molecule has 1 aliphatic rings. The molecule has 13 heavy (non-hydrogen) atoms. The Morgan fingerprint density at radius 1 is 1.46 bits per heavy atom. The summed E-state index contributed by atoms with van der Waals surface area (Å²) in [6, 6.07) is 1.40. The van der Waals surface area contributed by atoms with Gasteiger partial charge in [-0.15, -0.1) is 0 Å². The van der Waals surface area contributed by atoms with Crippen LogP contribution in [0.15, 0.2) is 16.8 Å². The van der Waals surface area contributed by atoms with Gasteiger partial charge in [0.15, 0.2) is 0 Å². The zero-order chi connectivity index (χ0) is 9.47. The highest BCUT2D eigenvalue weighted by Gasteiger charge is 2.43. The fourth-order valence-corrected chi connectivity index (χ4v) is 2.06. The predicted molar refractivity (Wildman–Crippen MR) is 48.3 cm³/mol. The van der Waals surface area contributed by atoms with Crippen molar-refractivity contribution in [3.05, 3.63) is 22.4 Å². The van der Waals surface area contributed by atoms with Crippen LogP contribution in [0.5, 0.6) is 0 Å². The van der Waals surface area contributed by atoms with Gasteiger partial charge in [0.25, 0.3) is 5.91 Å². The minimum atomic E-state index is -0.892. The number of nitrogens with one attached hydrogen (secondary N) is 2. The summed E-state index contributed by atoms with van der Waals surface area (Å²) in [5.41, 5.74) is -0.0716. The molecule has 0 spiro atoms. The van der Waals surface area contributed by atoms with Crippen molar-refractivity contribution >= 4 is 23.3 Å². The van der Waals surface area contributed by atoms with Crippen LogP contribution < -0.4 is 10.6 Å². The second-order valence-corrected chi connectivity index (χ2v) is 3.83. The van der Waals surface area contributed by atoms with Crippen molar-refractivity contribution in [3.63, 3.8) is 0 Å². The van der Waals surface area contributed by atoms with Crippen molar-refractivity contribution in [2.24, 2.45) is 0 Å². The Hall–Kier alpha value is -1.36. The summed E-state index contributed by atoms with van der Waals surface area (Å²) < 4.78 is 0. The molecule has 1 atom stereocenters. The van der Waals surface area contributed by atoms with E-state index in [2.05, 4.69) is 10.6 Å². The molecule has 1 aromatic rings. The first-order chi connectivity index (χ1) is 6.13. The molecule has 2 heterocycles. The topological polar surface area (TPSA) is 58.2 Å². The lowest BCUT2D eigenvalue weighted by atomic mass is 9.95. The summed E-state index contributed by atoms with van der Waals surface area (Å²) in [6.07, 6.45) is 0. The summed E-state index contributed by atoms with van der Waals surface area (Å²) in [4.78, 5) is 22.3. The van der Waals surface area contributed by atoms with Gasteiger partial charge >= 0.3 is 6.03 Å². The largest absolute Gasteiger partial charge is 0.322 e. The van der Waals surface area contributed by atoms with Gasteiger partial charge in [0, 0.05) is 0 Å². The molecule has 2 N–H and O–H groups in total. The summed E-state index contributed by atoms with van der Waals surface area (Å²) in [5, 5.41) is 8.53. The molecule has 0 saturated carbocycles. The van der Waals surface area contributed by atoms with Crippen LogP contribution in [-0.4, -0.2) is 11.9 Å². The van der Waals surface area contributed by atoms with Crippen molar-refractivity contribution in [2.45, 2.75) is 12.5 Å². The molecule has 3 amide bonds. The molecule has 1 saturated heterocycles. The number of amides is 3. The fourth-order valence-electron chi connectivity index (χ4n) is 1.30. The quantitative estimate of drug-likeness (QED) is 0.653. The Morgan fingerprint density at radius 2 is 2.23 bits per heavy atom. The van der Waals surface area contributed by atoms with E-state index in [0.29, 0.717) is 0 Å². The van der Waals surface area contributed by atoms with E-state index in [1.54, 1.807) is 6.92 Å². The lowest BCUT2D eigenvalue weighted by Gasteiger charge is -2.18. The van der Waals surface area contributed by atoms with E-state index in [0.717, 1.165) is 5.56 Å². The summed E-state index contributed by atoms with van der Waals surface area (Å²) in [7, 11) is 0. The molecule has 0 unspecified atom stereocenters. The van der Waals surface area contributed by atoms with Gasteiger partial charge < -0.3 is 5.32 Å². The SMILES string of the molecule is C[C@]1(c2ccsc2)NC(=O)NC1=O. The molecule has 5 heteroatoms. The molecule has 1 aromatic heterocycles. The first-order valence-electron chi connectivity index (χ1n) is 3.79. The van der Waals surface area contributed by atoms with Gasteiger partial charge in [-0.25, -0.2) is 4.79 Å². The van der Waals surface area contributed by atoms with E-state index in [4.69, 9.17) is 0 Å². The average molecular weight is 196 g/mol. The molecule has 1 aliphatic heterocycles. The molecule has 4 nitrogen and oxygen atoms in total. The van der Waals surface area contributed by atoms with Crippen LogP contribution in [-0.2, 0) is 10.3 Å². The number of thiophene rings is 1. The van der Waals surface area contributed by atoms with Crippen LogP contribution in [0.3, 0.4) is 0 Å². The van der Waals surface area contributed by atoms with Gasteiger partial charge in [-0.05, 0) is 29.3 Å². The third-order valence-corrected chi connectivity index (χ3v) is 2.83. The third-order valence-electron chi connectivity index (χ3n) is 2.14. The maximum atomic E-state index is 11.4. The minimum absolute atomic E-state index is 0.295. The summed E-state index contributed by atoms with van der Waals surface area (Å²) in [6.45, 7) is 1.69. The zero-order valence-corrected chi connectivity index (χ0v) is 7.77. The van der Waals surface area contributed by atoms with E-state index in [9.17, 15) is 9.59 Å². The molecule has 0 radical (unpaired) electrons. The fraction of sp³-hybridized carbons (Fsp3) is 0.250. The molecule has 1 fully saturated rings. The third kappa shape index (κ3) is 1.12. The number of rotatable bonds is 1. The lowest BCUT2D eigenvalue weighted by Crippen LogP contribution is -2.40. The van der Waals surface area contributed by atoms with Crippen molar-refractivity contribution in [3.8, 4) is 0 Å². The Morgan fingerprint density at radius 3 is 2.69 bits per heavy atom. The number of hydrogen-bond donors (Lipinski definition) is 2. The van der Waals surface area contributed by atoms with E-state index < -0.39 is 11.6 Å². The zero-order valence-electron chi connectivity index (χ0n) is 6.96. The summed E-state index contributed by atoms with van der Waals surface area (Å²) in [5.74, 6) is -0.295. The van der Waals surface area contributed by atoms with Crippen LogP contribution >= 0.6 is 11.3 Å². The van der Waals surface area contributed by atoms with Crippen LogP contribution in [0.25, 0.3) is 0 Å². The molecular formula is C8H8N2O2S. The highest BCUT2D eigenvalue weighted by Crippen LogP contribution is 2.25.